The van der Waals surface area contributed by atoms with E-state index in [1.54, 1.807) is 7.11 Å². The summed E-state index contributed by atoms with van der Waals surface area (Å²) in [6.45, 7) is 0. The molecular formula is C9H14N4O2. The van der Waals surface area contributed by atoms with Crippen molar-refractivity contribution in [2.75, 3.05) is 7.11 Å². The number of aromatic nitrogens is 3. The van der Waals surface area contributed by atoms with Crippen LogP contribution in [0.1, 0.15) is 29.8 Å². The molecule has 2 atom stereocenters. The molecule has 0 aliphatic heterocycles. The Morgan fingerprint density at radius 3 is 3.20 bits per heavy atom. The summed E-state index contributed by atoms with van der Waals surface area (Å²) in [6.07, 6.45) is 4.58. The number of amides is 1. The van der Waals surface area contributed by atoms with Gasteiger partial charge in [0.1, 0.15) is 0 Å². The highest BCUT2D eigenvalue weighted by molar-refractivity contribution is 5.92. The fourth-order valence-corrected chi connectivity index (χ4v) is 1.93. The number of rotatable bonds is 3. The molecule has 2 N–H and O–H groups in total. The number of H-pyrrole nitrogens is 1. The van der Waals surface area contributed by atoms with E-state index in [4.69, 9.17) is 4.74 Å². The molecule has 1 aliphatic rings. The van der Waals surface area contributed by atoms with Gasteiger partial charge < -0.3 is 10.1 Å². The molecule has 0 radical (unpaired) electrons. The number of hydrogen-bond acceptors (Lipinski definition) is 4. The summed E-state index contributed by atoms with van der Waals surface area (Å²) in [6, 6.07) is 0.0965. The first kappa shape index (κ1) is 10.1. The van der Waals surface area contributed by atoms with Gasteiger partial charge in [0, 0.05) is 7.11 Å². The second-order valence-corrected chi connectivity index (χ2v) is 3.64. The zero-order valence-electron chi connectivity index (χ0n) is 8.56. The van der Waals surface area contributed by atoms with Crippen LogP contribution >= 0.6 is 0 Å². The Morgan fingerprint density at radius 1 is 1.67 bits per heavy atom. The third-order valence-electron chi connectivity index (χ3n) is 2.72. The number of nitrogens with one attached hydrogen (secondary N) is 2. The first-order valence-corrected chi connectivity index (χ1v) is 5.00. The fourth-order valence-electron chi connectivity index (χ4n) is 1.93. The summed E-state index contributed by atoms with van der Waals surface area (Å²) in [5.74, 6) is -0.197. The Hall–Kier alpha value is -1.43. The second-order valence-electron chi connectivity index (χ2n) is 3.64. The Labute approximate surface area is 87.4 Å². The highest BCUT2D eigenvalue weighted by Gasteiger charge is 2.28. The average molecular weight is 210 g/mol. The molecule has 0 aromatic carbocycles. The maximum atomic E-state index is 11.6. The predicted octanol–water partition coefficient (Wildman–Crippen LogP) is 0.102. The van der Waals surface area contributed by atoms with Crippen LogP contribution in [0.4, 0.5) is 0 Å². The van der Waals surface area contributed by atoms with E-state index in [0.717, 1.165) is 19.3 Å². The molecule has 1 amide bonds. The largest absolute Gasteiger partial charge is 0.379 e. The zero-order valence-corrected chi connectivity index (χ0v) is 8.56. The highest BCUT2D eigenvalue weighted by atomic mass is 16.5. The van der Waals surface area contributed by atoms with Gasteiger partial charge in [-0.3, -0.25) is 4.79 Å². The van der Waals surface area contributed by atoms with Gasteiger partial charge in [0.15, 0.2) is 5.69 Å². The Kier molecular flexibility index (Phi) is 2.96. The molecule has 6 heteroatoms. The fraction of sp³-hybridized carbons (Fsp3) is 0.667. The minimum atomic E-state index is -0.197. The van der Waals surface area contributed by atoms with Gasteiger partial charge >= 0.3 is 0 Å². The van der Waals surface area contributed by atoms with Crippen LogP contribution in [-0.4, -0.2) is 40.6 Å². The Morgan fingerprint density at radius 2 is 2.53 bits per heavy atom. The number of hydrogen-bond donors (Lipinski definition) is 2. The monoisotopic (exact) mass is 210 g/mol. The molecule has 1 aromatic rings. The predicted molar refractivity (Wildman–Crippen MR) is 52.3 cm³/mol. The van der Waals surface area contributed by atoms with Gasteiger partial charge in [0.25, 0.3) is 5.91 Å². The topological polar surface area (TPSA) is 79.9 Å². The lowest BCUT2D eigenvalue weighted by Crippen LogP contribution is -2.40. The highest BCUT2D eigenvalue weighted by Crippen LogP contribution is 2.21. The number of carbonyl (C=O) groups excluding carboxylic acids is 1. The lowest BCUT2D eigenvalue weighted by atomic mass is 10.2. The van der Waals surface area contributed by atoms with Crippen LogP contribution in [0, 0.1) is 0 Å². The van der Waals surface area contributed by atoms with Crippen molar-refractivity contribution >= 4 is 5.91 Å². The minimum Gasteiger partial charge on any atom is -0.379 e. The van der Waals surface area contributed by atoms with Crippen molar-refractivity contribution in [1.82, 2.24) is 20.7 Å². The van der Waals surface area contributed by atoms with E-state index in [-0.39, 0.29) is 18.1 Å². The summed E-state index contributed by atoms with van der Waals surface area (Å²) in [5.41, 5.74) is 0.316. The molecule has 1 heterocycles. The van der Waals surface area contributed by atoms with E-state index in [2.05, 4.69) is 20.7 Å². The molecule has 0 spiro atoms. The summed E-state index contributed by atoms with van der Waals surface area (Å²) in [4.78, 5) is 11.6. The summed E-state index contributed by atoms with van der Waals surface area (Å²) < 4.78 is 5.28. The van der Waals surface area contributed by atoms with E-state index in [0.29, 0.717) is 5.69 Å². The van der Waals surface area contributed by atoms with Crippen molar-refractivity contribution in [2.24, 2.45) is 0 Å². The minimum absolute atomic E-state index is 0.0965. The number of ether oxygens (including phenoxy) is 1. The third-order valence-corrected chi connectivity index (χ3v) is 2.72. The molecule has 2 unspecified atom stereocenters. The molecule has 1 saturated carbocycles. The summed E-state index contributed by atoms with van der Waals surface area (Å²) >= 11 is 0. The van der Waals surface area contributed by atoms with Crippen molar-refractivity contribution < 1.29 is 9.53 Å². The van der Waals surface area contributed by atoms with Crippen LogP contribution in [0.3, 0.4) is 0 Å². The first-order valence-electron chi connectivity index (χ1n) is 5.00. The molecule has 82 valence electrons. The van der Waals surface area contributed by atoms with Gasteiger partial charge in [0.05, 0.1) is 18.3 Å². The van der Waals surface area contributed by atoms with Crippen molar-refractivity contribution in [2.45, 2.75) is 31.4 Å². The summed E-state index contributed by atoms with van der Waals surface area (Å²) in [7, 11) is 1.67. The van der Waals surface area contributed by atoms with Crippen LogP contribution in [0.15, 0.2) is 6.20 Å². The van der Waals surface area contributed by atoms with Crippen LogP contribution in [-0.2, 0) is 4.74 Å². The lowest BCUT2D eigenvalue weighted by molar-refractivity contribution is 0.0719. The van der Waals surface area contributed by atoms with Gasteiger partial charge in [-0.2, -0.15) is 15.4 Å². The molecular weight excluding hydrogens is 196 g/mol. The van der Waals surface area contributed by atoms with Crippen molar-refractivity contribution in [1.29, 1.82) is 0 Å². The van der Waals surface area contributed by atoms with Crippen LogP contribution in [0.25, 0.3) is 0 Å². The molecule has 1 fully saturated rings. The molecule has 0 bridgehead atoms. The molecule has 6 nitrogen and oxygen atoms in total. The van der Waals surface area contributed by atoms with E-state index < -0.39 is 0 Å². The Bertz CT molecular complexity index is 325. The normalized spacial score (nSPS) is 25.4. The quantitative estimate of drug-likeness (QED) is 0.741. The molecule has 0 saturated heterocycles. The van der Waals surface area contributed by atoms with Crippen molar-refractivity contribution in [3.05, 3.63) is 11.9 Å². The van der Waals surface area contributed by atoms with Gasteiger partial charge in [0.2, 0.25) is 0 Å². The lowest BCUT2D eigenvalue weighted by Gasteiger charge is -2.18. The van der Waals surface area contributed by atoms with E-state index >= 15 is 0 Å². The number of nitrogens with zero attached hydrogens (tertiary/aromatic N) is 2. The maximum Gasteiger partial charge on any atom is 0.273 e. The first-order chi connectivity index (χ1) is 7.31. The van der Waals surface area contributed by atoms with Crippen LogP contribution in [0.2, 0.25) is 0 Å². The van der Waals surface area contributed by atoms with E-state index in [9.17, 15) is 4.79 Å². The Balaban J connectivity index is 1.94. The van der Waals surface area contributed by atoms with Gasteiger partial charge in [-0.25, -0.2) is 0 Å². The van der Waals surface area contributed by atoms with Gasteiger partial charge in [-0.15, -0.1) is 0 Å². The summed E-state index contributed by atoms with van der Waals surface area (Å²) in [5, 5.41) is 12.6. The van der Waals surface area contributed by atoms with Crippen molar-refractivity contribution in [3.63, 3.8) is 0 Å². The molecule has 2 rings (SSSR count). The maximum absolute atomic E-state index is 11.6. The second kappa shape index (κ2) is 4.39. The van der Waals surface area contributed by atoms with Crippen molar-refractivity contribution in [3.8, 4) is 0 Å². The van der Waals surface area contributed by atoms with E-state index in [1.165, 1.54) is 6.20 Å². The molecule has 15 heavy (non-hydrogen) atoms. The average Bonchev–Trinajstić information content (AvgIpc) is 2.87. The smallest absolute Gasteiger partial charge is 0.273 e. The third kappa shape index (κ3) is 2.15. The van der Waals surface area contributed by atoms with Crippen LogP contribution < -0.4 is 5.32 Å². The standard InChI is InChI=1S/C9H14N4O2/c1-15-8-4-2-3-6(8)11-9(14)7-5-10-13-12-7/h5-6,8H,2-4H2,1H3,(H,11,14)(H,10,12,13). The van der Waals surface area contributed by atoms with Gasteiger partial charge in [-0.05, 0) is 19.3 Å². The number of methoxy groups -OCH3 is 1. The SMILES string of the molecule is COC1CCCC1NC(=O)c1cn[nH]n1. The van der Waals surface area contributed by atoms with E-state index in [1.807, 2.05) is 0 Å². The number of aromatic amines is 1. The van der Waals surface area contributed by atoms with Gasteiger partial charge in [-0.1, -0.05) is 0 Å². The van der Waals surface area contributed by atoms with Crippen LogP contribution in [0.5, 0.6) is 0 Å². The zero-order chi connectivity index (χ0) is 10.7. The molecule has 1 aromatic heterocycles. The molecule has 1 aliphatic carbocycles. The number of carbonyl (C=O) groups is 1.